The molecule has 0 heterocycles. The van der Waals surface area contributed by atoms with Gasteiger partial charge in [-0.3, -0.25) is 14.5 Å². The van der Waals surface area contributed by atoms with Crippen LogP contribution < -0.4 is 19.9 Å². The highest BCUT2D eigenvalue weighted by atomic mass is 19.1. The van der Waals surface area contributed by atoms with Crippen LogP contribution in [0.15, 0.2) is 60.7 Å². The number of rotatable bonds is 10. The van der Waals surface area contributed by atoms with Crippen molar-refractivity contribution in [2.24, 2.45) is 5.73 Å². The Kier molecular flexibility index (Phi) is 8.97. The van der Waals surface area contributed by atoms with E-state index in [1.54, 1.807) is 24.3 Å². The molecule has 0 saturated carbocycles. The van der Waals surface area contributed by atoms with Crippen molar-refractivity contribution in [1.29, 1.82) is 0 Å². The Morgan fingerprint density at radius 1 is 0.833 bits per heavy atom. The molecule has 0 bridgehead atoms. The van der Waals surface area contributed by atoms with Crippen LogP contribution in [0.5, 0.6) is 17.2 Å². The van der Waals surface area contributed by atoms with Crippen LogP contribution in [0, 0.1) is 11.6 Å². The molecule has 0 unspecified atom stereocenters. The van der Waals surface area contributed by atoms with Crippen LogP contribution in [0.2, 0.25) is 0 Å². The van der Waals surface area contributed by atoms with Crippen LogP contribution in [0.25, 0.3) is 0 Å². The molecule has 3 aromatic rings. The van der Waals surface area contributed by atoms with Gasteiger partial charge in [-0.1, -0.05) is 24.3 Å². The lowest BCUT2D eigenvalue weighted by Crippen LogP contribution is -2.41. The lowest BCUT2D eigenvalue weighted by Gasteiger charge is -2.25. The summed E-state index contributed by atoms with van der Waals surface area (Å²) in [5.74, 6) is -1.67. The maximum Gasteiger partial charge on any atom is 0.260 e. The molecule has 3 aromatic carbocycles. The predicted molar refractivity (Wildman–Crippen MR) is 130 cm³/mol. The van der Waals surface area contributed by atoms with Gasteiger partial charge in [0.05, 0.1) is 21.3 Å². The Balaban J connectivity index is 1.97. The monoisotopic (exact) mass is 498 g/mol. The van der Waals surface area contributed by atoms with Gasteiger partial charge in [0.1, 0.15) is 11.6 Å². The highest BCUT2D eigenvalue weighted by Crippen LogP contribution is 2.38. The molecule has 3 rings (SSSR count). The molecule has 2 N–H and O–H groups in total. The molecule has 7 nitrogen and oxygen atoms in total. The largest absolute Gasteiger partial charge is 0.493 e. The van der Waals surface area contributed by atoms with Crippen LogP contribution in [-0.4, -0.2) is 51.1 Å². The van der Waals surface area contributed by atoms with E-state index in [2.05, 4.69) is 0 Å². The van der Waals surface area contributed by atoms with E-state index < -0.39 is 29.4 Å². The second-order valence-corrected chi connectivity index (χ2v) is 7.91. The van der Waals surface area contributed by atoms with E-state index >= 15 is 0 Å². The normalized spacial score (nSPS) is 10.8. The molecule has 0 fully saturated rings. The number of carbonyl (C=O) groups is 2. The number of amides is 2. The topological polar surface area (TPSA) is 91.1 Å². The summed E-state index contributed by atoms with van der Waals surface area (Å²) in [6.45, 7) is 0.00749. The highest BCUT2D eigenvalue weighted by Gasteiger charge is 2.28. The van der Waals surface area contributed by atoms with Crippen LogP contribution in [-0.2, 0) is 4.79 Å². The molecular formula is C27H28F2N2O5. The van der Waals surface area contributed by atoms with Crippen molar-refractivity contribution in [2.75, 3.05) is 34.4 Å². The van der Waals surface area contributed by atoms with Crippen molar-refractivity contribution in [3.8, 4) is 17.2 Å². The van der Waals surface area contributed by atoms with Crippen molar-refractivity contribution in [3.63, 3.8) is 0 Å². The van der Waals surface area contributed by atoms with Gasteiger partial charge >= 0.3 is 0 Å². The summed E-state index contributed by atoms with van der Waals surface area (Å²) in [6, 6.07) is 14.3. The maximum atomic E-state index is 13.6. The van der Waals surface area contributed by atoms with E-state index in [0.29, 0.717) is 16.9 Å². The molecule has 36 heavy (non-hydrogen) atoms. The average molecular weight is 499 g/mol. The Morgan fingerprint density at radius 3 is 1.69 bits per heavy atom. The first-order valence-electron chi connectivity index (χ1n) is 11.2. The standard InChI is InChI=1S/C27H28F2N2O5/c1-34-23-14-19(15-24(35-2)26(23)36-3)27(33)31(13-12-30)25(32)16-22(17-4-8-20(28)9-5-17)18-6-10-21(29)11-7-18/h4-11,14-15,22H,12-13,16,30H2,1-3H3. The first kappa shape index (κ1) is 26.6. The van der Waals surface area contributed by atoms with Crippen molar-refractivity contribution in [3.05, 3.63) is 89.0 Å². The number of methoxy groups -OCH3 is 3. The van der Waals surface area contributed by atoms with E-state index in [-0.39, 0.29) is 36.6 Å². The molecule has 0 aliphatic carbocycles. The molecule has 9 heteroatoms. The highest BCUT2D eigenvalue weighted by molar-refractivity contribution is 6.05. The lowest BCUT2D eigenvalue weighted by atomic mass is 9.88. The van der Waals surface area contributed by atoms with Gasteiger partial charge in [-0.25, -0.2) is 8.78 Å². The summed E-state index contributed by atoms with van der Waals surface area (Å²) in [6.07, 6.45) is -0.132. The van der Waals surface area contributed by atoms with Gasteiger partial charge in [0.2, 0.25) is 11.7 Å². The SMILES string of the molecule is COc1cc(C(=O)N(CCN)C(=O)CC(c2ccc(F)cc2)c2ccc(F)cc2)cc(OC)c1OC. The van der Waals surface area contributed by atoms with Crippen molar-refractivity contribution >= 4 is 11.8 Å². The number of halogens is 2. The third-order valence-electron chi connectivity index (χ3n) is 5.73. The molecule has 2 amide bonds. The Morgan fingerprint density at radius 2 is 1.31 bits per heavy atom. The summed E-state index contributed by atoms with van der Waals surface area (Å²) in [4.78, 5) is 28.0. The minimum atomic E-state index is -0.596. The molecular weight excluding hydrogens is 470 g/mol. The predicted octanol–water partition coefficient (Wildman–Crippen LogP) is 4.14. The summed E-state index contributed by atoms with van der Waals surface area (Å²) in [5.41, 5.74) is 7.16. The number of nitrogens with two attached hydrogens (primary N) is 1. The van der Waals surface area contributed by atoms with E-state index in [1.165, 1.54) is 57.7 Å². The van der Waals surface area contributed by atoms with Gasteiger partial charge in [-0.15, -0.1) is 0 Å². The van der Waals surface area contributed by atoms with Gasteiger partial charge in [0.25, 0.3) is 5.91 Å². The Bertz CT molecular complexity index is 1130. The third kappa shape index (κ3) is 5.98. The number of ether oxygens (including phenoxy) is 3. The van der Waals surface area contributed by atoms with E-state index in [0.717, 1.165) is 4.90 Å². The quantitative estimate of drug-likeness (QED) is 0.452. The molecule has 0 saturated heterocycles. The molecule has 190 valence electrons. The first-order chi connectivity index (χ1) is 17.3. The number of hydrogen-bond donors (Lipinski definition) is 1. The van der Waals surface area contributed by atoms with Crippen LogP contribution in [0.4, 0.5) is 8.78 Å². The number of nitrogens with zero attached hydrogens (tertiary/aromatic N) is 1. The third-order valence-corrected chi connectivity index (χ3v) is 5.73. The zero-order valence-electron chi connectivity index (χ0n) is 20.3. The maximum absolute atomic E-state index is 13.6. The van der Waals surface area contributed by atoms with Crippen LogP contribution in [0.3, 0.4) is 0 Å². The van der Waals surface area contributed by atoms with Crippen molar-refractivity contribution < 1.29 is 32.6 Å². The molecule has 0 aliphatic rings. The summed E-state index contributed by atoms with van der Waals surface area (Å²) >= 11 is 0. The fraction of sp³-hybridized carbons (Fsp3) is 0.259. The van der Waals surface area contributed by atoms with Gasteiger partial charge in [0, 0.05) is 31.0 Å². The van der Waals surface area contributed by atoms with Gasteiger partial charge in [0.15, 0.2) is 11.5 Å². The van der Waals surface area contributed by atoms with Crippen molar-refractivity contribution in [1.82, 2.24) is 4.90 Å². The zero-order chi connectivity index (χ0) is 26.2. The molecule has 0 spiro atoms. The molecule has 0 aromatic heterocycles. The second-order valence-electron chi connectivity index (χ2n) is 7.91. The Hall–Kier alpha value is -3.98. The average Bonchev–Trinajstić information content (AvgIpc) is 2.90. The summed E-state index contributed by atoms with van der Waals surface area (Å²) in [7, 11) is 4.28. The molecule has 0 aliphatic heterocycles. The van der Waals surface area contributed by atoms with Gasteiger partial charge in [-0.05, 0) is 47.5 Å². The van der Waals surface area contributed by atoms with E-state index in [4.69, 9.17) is 19.9 Å². The lowest BCUT2D eigenvalue weighted by molar-refractivity contribution is -0.128. The van der Waals surface area contributed by atoms with Gasteiger partial charge in [-0.2, -0.15) is 0 Å². The number of hydrogen-bond acceptors (Lipinski definition) is 6. The number of imide groups is 1. The minimum Gasteiger partial charge on any atom is -0.493 e. The zero-order valence-corrected chi connectivity index (χ0v) is 20.3. The second kappa shape index (κ2) is 12.1. The fourth-order valence-corrected chi connectivity index (χ4v) is 3.93. The van der Waals surface area contributed by atoms with Crippen LogP contribution in [0.1, 0.15) is 33.8 Å². The fourth-order valence-electron chi connectivity index (χ4n) is 3.93. The smallest absolute Gasteiger partial charge is 0.260 e. The summed E-state index contributed by atoms with van der Waals surface area (Å²) < 4.78 is 43.1. The molecule has 0 atom stereocenters. The van der Waals surface area contributed by atoms with E-state index in [1.807, 2.05) is 0 Å². The summed E-state index contributed by atoms with van der Waals surface area (Å²) in [5, 5.41) is 0. The van der Waals surface area contributed by atoms with Crippen LogP contribution >= 0.6 is 0 Å². The number of benzene rings is 3. The minimum absolute atomic E-state index is 0.0338. The van der Waals surface area contributed by atoms with Gasteiger partial charge < -0.3 is 19.9 Å². The first-order valence-corrected chi connectivity index (χ1v) is 11.2. The van der Waals surface area contributed by atoms with E-state index in [9.17, 15) is 18.4 Å². The number of carbonyl (C=O) groups excluding carboxylic acids is 2. The molecule has 0 radical (unpaired) electrons. The Labute approximate surface area is 208 Å². The van der Waals surface area contributed by atoms with Crippen molar-refractivity contribution in [2.45, 2.75) is 12.3 Å².